The minimum atomic E-state index is -0.981. The van der Waals surface area contributed by atoms with E-state index in [1.54, 1.807) is 6.92 Å². The Labute approximate surface area is 165 Å². The van der Waals surface area contributed by atoms with Crippen LogP contribution in [0.4, 0.5) is 25.8 Å². The first-order valence-corrected chi connectivity index (χ1v) is 9.02. The number of amides is 3. The average molecular weight is 402 g/mol. The van der Waals surface area contributed by atoms with Crippen molar-refractivity contribution in [3.05, 3.63) is 53.6 Å². The molecule has 3 amide bonds. The van der Waals surface area contributed by atoms with Gasteiger partial charge in [-0.2, -0.15) is 0 Å². The van der Waals surface area contributed by atoms with Crippen LogP contribution in [0.3, 0.4) is 0 Å². The van der Waals surface area contributed by atoms with Gasteiger partial charge in [0.15, 0.2) is 5.82 Å². The molecule has 1 saturated heterocycles. The number of carbonyl (C=O) groups is 3. The summed E-state index contributed by atoms with van der Waals surface area (Å²) in [5.41, 5.74) is 5.64. The first-order valence-electron chi connectivity index (χ1n) is 9.02. The van der Waals surface area contributed by atoms with Crippen LogP contribution in [0.25, 0.3) is 0 Å². The summed E-state index contributed by atoms with van der Waals surface area (Å²) in [6, 6.07) is 6.83. The Morgan fingerprint density at radius 3 is 2.41 bits per heavy atom. The van der Waals surface area contributed by atoms with Gasteiger partial charge in [0.25, 0.3) is 5.91 Å². The molecule has 4 N–H and O–H groups in total. The number of halogens is 2. The van der Waals surface area contributed by atoms with E-state index in [0.29, 0.717) is 24.7 Å². The Kier molecular flexibility index (Phi) is 5.76. The molecule has 0 aliphatic carbocycles. The molecule has 0 radical (unpaired) electrons. The molecule has 2 aromatic carbocycles. The van der Waals surface area contributed by atoms with Gasteiger partial charge in [-0.3, -0.25) is 14.4 Å². The normalized spacial score (nSPS) is 14.6. The van der Waals surface area contributed by atoms with Crippen molar-refractivity contribution in [3.8, 4) is 0 Å². The molecule has 29 heavy (non-hydrogen) atoms. The lowest BCUT2D eigenvalue weighted by atomic mass is 10.1. The van der Waals surface area contributed by atoms with Crippen molar-refractivity contribution in [2.75, 3.05) is 22.9 Å². The highest BCUT2D eigenvalue weighted by atomic mass is 19.1. The highest BCUT2D eigenvalue weighted by Gasteiger charge is 2.29. The molecule has 1 heterocycles. The van der Waals surface area contributed by atoms with E-state index >= 15 is 0 Å². The van der Waals surface area contributed by atoms with Crippen LogP contribution in [0.2, 0.25) is 0 Å². The predicted molar refractivity (Wildman–Crippen MR) is 104 cm³/mol. The van der Waals surface area contributed by atoms with E-state index in [1.807, 2.05) is 0 Å². The zero-order chi connectivity index (χ0) is 21.1. The molecule has 152 valence electrons. The molecule has 1 unspecified atom stereocenters. The summed E-state index contributed by atoms with van der Waals surface area (Å²) in [5.74, 6) is -2.85. The first kappa shape index (κ1) is 20.2. The standard InChI is InChI=1S/C20H20F2N4O3/c1-11(26-8-2-3-17(26)27)19(28)24-14-6-4-12(5-7-14)20(29)25-18-15(22)9-13(21)10-16(18)23/h4-7,9-11H,2-3,8,23H2,1H3,(H,24,28)(H,25,29). The highest BCUT2D eigenvalue weighted by molar-refractivity contribution is 6.06. The monoisotopic (exact) mass is 402 g/mol. The van der Waals surface area contributed by atoms with Crippen LogP contribution in [0, 0.1) is 11.6 Å². The number of nitrogens with zero attached hydrogens (tertiary/aromatic N) is 1. The third kappa shape index (κ3) is 4.50. The van der Waals surface area contributed by atoms with Crippen molar-refractivity contribution >= 4 is 34.8 Å². The van der Waals surface area contributed by atoms with Crippen molar-refractivity contribution in [1.29, 1.82) is 0 Å². The van der Waals surface area contributed by atoms with Gasteiger partial charge in [-0.1, -0.05) is 0 Å². The molecule has 0 saturated carbocycles. The van der Waals surface area contributed by atoms with Gasteiger partial charge in [0.2, 0.25) is 11.8 Å². The van der Waals surface area contributed by atoms with Gasteiger partial charge >= 0.3 is 0 Å². The minimum Gasteiger partial charge on any atom is -0.397 e. The number of carbonyl (C=O) groups excluding carboxylic acids is 3. The number of rotatable bonds is 5. The van der Waals surface area contributed by atoms with Gasteiger partial charge in [0, 0.05) is 30.3 Å². The third-order valence-corrected chi connectivity index (χ3v) is 4.70. The molecular formula is C20H20F2N4O3. The van der Waals surface area contributed by atoms with Crippen LogP contribution in [0.15, 0.2) is 36.4 Å². The van der Waals surface area contributed by atoms with E-state index < -0.39 is 23.6 Å². The molecule has 3 rings (SSSR count). The van der Waals surface area contributed by atoms with Gasteiger partial charge in [0.05, 0.1) is 5.69 Å². The van der Waals surface area contributed by atoms with E-state index in [4.69, 9.17) is 5.73 Å². The van der Waals surface area contributed by atoms with E-state index in [-0.39, 0.29) is 28.8 Å². The second-order valence-electron chi connectivity index (χ2n) is 6.74. The summed E-state index contributed by atoms with van der Waals surface area (Å²) in [5, 5.41) is 5.00. The van der Waals surface area contributed by atoms with Gasteiger partial charge < -0.3 is 21.3 Å². The van der Waals surface area contributed by atoms with E-state index in [9.17, 15) is 23.2 Å². The lowest BCUT2D eigenvalue weighted by Gasteiger charge is -2.23. The zero-order valence-corrected chi connectivity index (χ0v) is 15.7. The largest absolute Gasteiger partial charge is 0.397 e. The van der Waals surface area contributed by atoms with Gasteiger partial charge in [-0.05, 0) is 43.7 Å². The van der Waals surface area contributed by atoms with Crippen LogP contribution in [-0.4, -0.2) is 35.2 Å². The van der Waals surface area contributed by atoms with Gasteiger partial charge in [-0.25, -0.2) is 8.78 Å². The number of benzene rings is 2. The summed E-state index contributed by atoms with van der Waals surface area (Å²) >= 11 is 0. The number of hydrogen-bond donors (Lipinski definition) is 3. The number of anilines is 3. The Morgan fingerprint density at radius 1 is 1.14 bits per heavy atom. The van der Waals surface area contributed by atoms with Gasteiger partial charge in [-0.15, -0.1) is 0 Å². The average Bonchev–Trinajstić information content (AvgIpc) is 3.10. The van der Waals surface area contributed by atoms with Crippen molar-refractivity contribution < 1.29 is 23.2 Å². The number of nitrogens with one attached hydrogen (secondary N) is 2. The molecule has 1 aliphatic heterocycles. The third-order valence-electron chi connectivity index (χ3n) is 4.70. The molecule has 1 fully saturated rings. The van der Waals surface area contributed by atoms with E-state index in [2.05, 4.69) is 10.6 Å². The minimum absolute atomic E-state index is 0.0491. The summed E-state index contributed by atoms with van der Waals surface area (Å²) in [6.07, 6.45) is 1.18. The summed E-state index contributed by atoms with van der Waals surface area (Å²) < 4.78 is 26.9. The van der Waals surface area contributed by atoms with Crippen LogP contribution in [0.5, 0.6) is 0 Å². The van der Waals surface area contributed by atoms with Gasteiger partial charge in [0.1, 0.15) is 17.5 Å². The predicted octanol–water partition coefficient (Wildman–Crippen LogP) is 2.75. The molecule has 0 aromatic heterocycles. The lowest BCUT2D eigenvalue weighted by molar-refractivity contribution is -0.134. The van der Waals surface area contributed by atoms with E-state index in [0.717, 1.165) is 12.5 Å². The molecule has 1 aliphatic rings. The Bertz CT molecular complexity index is 940. The van der Waals surface area contributed by atoms with Crippen LogP contribution in [0.1, 0.15) is 30.1 Å². The molecule has 9 heteroatoms. The highest BCUT2D eigenvalue weighted by Crippen LogP contribution is 2.24. The number of hydrogen-bond acceptors (Lipinski definition) is 4. The maximum atomic E-state index is 13.8. The van der Waals surface area contributed by atoms with Crippen molar-refractivity contribution in [3.63, 3.8) is 0 Å². The fourth-order valence-corrected chi connectivity index (χ4v) is 3.08. The molecule has 1 atom stereocenters. The topological polar surface area (TPSA) is 105 Å². The Morgan fingerprint density at radius 2 is 1.83 bits per heavy atom. The quantitative estimate of drug-likeness (QED) is 0.669. The van der Waals surface area contributed by atoms with Crippen molar-refractivity contribution in [2.45, 2.75) is 25.8 Å². The second-order valence-corrected chi connectivity index (χ2v) is 6.74. The molecule has 0 bridgehead atoms. The number of likely N-dealkylation sites (tertiary alicyclic amines) is 1. The number of nitrogens with two attached hydrogens (primary N) is 1. The van der Waals surface area contributed by atoms with Crippen LogP contribution < -0.4 is 16.4 Å². The Balaban J connectivity index is 1.64. The summed E-state index contributed by atoms with van der Waals surface area (Å²) in [4.78, 5) is 37.9. The smallest absolute Gasteiger partial charge is 0.255 e. The van der Waals surface area contributed by atoms with Crippen molar-refractivity contribution in [1.82, 2.24) is 4.90 Å². The zero-order valence-electron chi connectivity index (χ0n) is 15.7. The molecule has 0 spiro atoms. The fraction of sp³-hybridized carbons (Fsp3) is 0.250. The molecule has 2 aromatic rings. The Hall–Kier alpha value is -3.49. The first-order chi connectivity index (χ1) is 13.8. The van der Waals surface area contributed by atoms with Crippen LogP contribution >= 0.6 is 0 Å². The second kappa shape index (κ2) is 8.26. The van der Waals surface area contributed by atoms with Crippen LogP contribution in [-0.2, 0) is 9.59 Å². The fourth-order valence-electron chi connectivity index (χ4n) is 3.08. The van der Waals surface area contributed by atoms with Crippen molar-refractivity contribution in [2.24, 2.45) is 0 Å². The summed E-state index contributed by atoms with van der Waals surface area (Å²) in [7, 11) is 0. The lowest BCUT2D eigenvalue weighted by Crippen LogP contribution is -2.42. The SMILES string of the molecule is CC(C(=O)Nc1ccc(C(=O)Nc2c(N)cc(F)cc2F)cc1)N1CCCC1=O. The maximum Gasteiger partial charge on any atom is 0.255 e. The van der Waals surface area contributed by atoms with E-state index in [1.165, 1.54) is 29.2 Å². The maximum absolute atomic E-state index is 13.8. The molecular weight excluding hydrogens is 382 g/mol. The summed E-state index contributed by atoms with van der Waals surface area (Å²) in [6.45, 7) is 2.21. The molecule has 7 nitrogen and oxygen atoms in total. The number of nitrogen functional groups attached to an aromatic ring is 1.